The molecular weight excluding hydrogens is 344 g/mol. The molecule has 7 nitrogen and oxygen atoms in total. The molecule has 0 aliphatic rings. The Balaban J connectivity index is 1.55. The maximum Gasteiger partial charge on any atom is 0.420 e. The molecule has 0 saturated heterocycles. The van der Waals surface area contributed by atoms with Gasteiger partial charge in [-0.1, -0.05) is 42.5 Å². The normalized spacial score (nSPS) is 11.0. The van der Waals surface area contributed by atoms with Crippen molar-refractivity contribution >= 4 is 22.8 Å². The second-order valence-electron chi connectivity index (χ2n) is 6.28. The molecule has 4 aromatic rings. The number of nitrogens with one attached hydrogen (secondary N) is 1. The lowest BCUT2D eigenvalue weighted by Crippen LogP contribution is -2.25. The summed E-state index contributed by atoms with van der Waals surface area (Å²) < 4.78 is 8.22. The predicted octanol–water partition coefficient (Wildman–Crippen LogP) is 2.79. The van der Waals surface area contributed by atoms with Crippen molar-refractivity contribution in [1.29, 1.82) is 0 Å². The van der Waals surface area contributed by atoms with Gasteiger partial charge in [0.2, 0.25) is 5.91 Å². The van der Waals surface area contributed by atoms with E-state index in [1.807, 2.05) is 37.3 Å². The summed E-state index contributed by atoms with van der Waals surface area (Å²) in [7, 11) is 0. The number of amides is 1. The lowest BCUT2D eigenvalue weighted by Gasteiger charge is -2.09. The summed E-state index contributed by atoms with van der Waals surface area (Å²) in [6.45, 7) is 2.27. The Kier molecular flexibility index (Phi) is 4.33. The minimum absolute atomic E-state index is 0.134. The van der Waals surface area contributed by atoms with Crippen molar-refractivity contribution in [3.8, 4) is 0 Å². The van der Waals surface area contributed by atoms with Gasteiger partial charge in [0.1, 0.15) is 12.4 Å². The molecule has 0 aliphatic carbocycles. The van der Waals surface area contributed by atoms with E-state index in [4.69, 9.17) is 4.42 Å². The minimum atomic E-state index is -0.555. The number of anilines is 1. The molecule has 2 aromatic heterocycles. The Morgan fingerprint density at radius 1 is 1.11 bits per heavy atom. The number of carbonyl (C=O) groups excluding carboxylic acids is 1. The molecule has 0 atom stereocenters. The molecule has 0 fully saturated rings. The molecule has 0 spiro atoms. The SMILES string of the molecule is Cc1cc(NC(=O)Cn2c(=O)oc3ccccc32)n(Cc2ccccc2)n1. The molecule has 0 radical (unpaired) electrons. The number of hydrogen-bond donors (Lipinski definition) is 1. The first-order valence-electron chi connectivity index (χ1n) is 8.57. The number of hydrogen-bond acceptors (Lipinski definition) is 4. The summed E-state index contributed by atoms with van der Waals surface area (Å²) in [5.74, 6) is -0.291. The second kappa shape index (κ2) is 6.95. The third-order valence-corrected chi connectivity index (χ3v) is 4.22. The zero-order valence-electron chi connectivity index (χ0n) is 14.8. The molecule has 1 N–H and O–H groups in total. The van der Waals surface area contributed by atoms with Gasteiger partial charge >= 0.3 is 5.76 Å². The molecule has 0 aliphatic heterocycles. The third kappa shape index (κ3) is 3.52. The molecule has 0 unspecified atom stereocenters. The number of carbonyl (C=O) groups is 1. The van der Waals surface area contributed by atoms with Crippen molar-refractivity contribution in [3.05, 3.63) is 82.5 Å². The first-order valence-corrected chi connectivity index (χ1v) is 8.57. The summed E-state index contributed by atoms with van der Waals surface area (Å²) in [6.07, 6.45) is 0. The Bertz CT molecular complexity index is 1150. The zero-order valence-corrected chi connectivity index (χ0v) is 14.8. The summed E-state index contributed by atoms with van der Waals surface area (Å²) in [5.41, 5.74) is 2.92. The van der Waals surface area contributed by atoms with Crippen LogP contribution in [0.3, 0.4) is 0 Å². The molecule has 0 bridgehead atoms. The average Bonchev–Trinajstić information content (AvgIpc) is 3.15. The van der Waals surface area contributed by atoms with Gasteiger partial charge in [-0.15, -0.1) is 0 Å². The van der Waals surface area contributed by atoms with Crippen molar-refractivity contribution < 1.29 is 9.21 Å². The van der Waals surface area contributed by atoms with Gasteiger partial charge in [-0.25, -0.2) is 9.48 Å². The van der Waals surface area contributed by atoms with Crippen LogP contribution in [0.15, 0.2) is 69.9 Å². The molecule has 136 valence electrons. The Morgan fingerprint density at radius 2 is 1.85 bits per heavy atom. The molecule has 4 rings (SSSR count). The van der Waals surface area contributed by atoms with Gasteiger partial charge in [0.05, 0.1) is 17.8 Å². The number of para-hydroxylation sites is 2. The van der Waals surface area contributed by atoms with E-state index >= 15 is 0 Å². The van der Waals surface area contributed by atoms with Gasteiger partial charge in [0.15, 0.2) is 5.58 Å². The van der Waals surface area contributed by atoms with Gasteiger partial charge in [0, 0.05) is 6.07 Å². The molecule has 1 amide bonds. The van der Waals surface area contributed by atoms with E-state index in [1.54, 1.807) is 35.0 Å². The fourth-order valence-corrected chi connectivity index (χ4v) is 3.01. The zero-order chi connectivity index (χ0) is 18.8. The van der Waals surface area contributed by atoms with Gasteiger partial charge in [0.25, 0.3) is 0 Å². The number of nitrogens with zero attached hydrogens (tertiary/aromatic N) is 3. The average molecular weight is 362 g/mol. The van der Waals surface area contributed by atoms with Crippen LogP contribution in [0.25, 0.3) is 11.1 Å². The van der Waals surface area contributed by atoms with Crippen molar-refractivity contribution in [2.45, 2.75) is 20.0 Å². The van der Waals surface area contributed by atoms with Crippen LogP contribution in [0.4, 0.5) is 5.82 Å². The van der Waals surface area contributed by atoms with E-state index in [-0.39, 0.29) is 12.5 Å². The van der Waals surface area contributed by atoms with Crippen molar-refractivity contribution in [1.82, 2.24) is 14.3 Å². The molecule has 0 saturated carbocycles. The third-order valence-electron chi connectivity index (χ3n) is 4.22. The largest absolute Gasteiger partial charge is 0.420 e. The van der Waals surface area contributed by atoms with Crippen LogP contribution < -0.4 is 11.1 Å². The summed E-state index contributed by atoms with van der Waals surface area (Å²) in [6, 6.07) is 18.7. The van der Waals surface area contributed by atoms with Gasteiger partial charge in [-0.3, -0.25) is 9.36 Å². The number of fused-ring (bicyclic) bond motifs is 1. The Labute approximate surface area is 154 Å². The van der Waals surface area contributed by atoms with Crippen LogP contribution in [0.2, 0.25) is 0 Å². The van der Waals surface area contributed by atoms with E-state index in [1.165, 1.54) is 4.57 Å². The van der Waals surface area contributed by atoms with Crippen molar-refractivity contribution in [2.75, 3.05) is 5.32 Å². The van der Waals surface area contributed by atoms with E-state index in [2.05, 4.69) is 10.4 Å². The van der Waals surface area contributed by atoms with Gasteiger partial charge in [-0.2, -0.15) is 5.10 Å². The van der Waals surface area contributed by atoms with Crippen LogP contribution in [0, 0.1) is 6.92 Å². The summed E-state index contributed by atoms with van der Waals surface area (Å²) in [4.78, 5) is 24.6. The molecule has 27 heavy (non-hydrogen) atoms. The van der Waals surface area contributed by atoms with E-state index in [0.29, 0.717) is 23.5 Å². The molecular formula is C20H18N4O3. The highest BCUT2D eigenvalue weighted by molar-refractivity contribution is 5.90. The maximum atomic E-state index is 12.5. The van der Waals surface area contributed by atoms with Crippen molar-refractivity contribution in [3.63, 3.8) is 0 Å². The molecule has 2 aromatic carbocycles. The van der Waals surface area contributed by atoms with Gasteiger partial charge < -0.3 is 9.73 Å². The molecule has 7 heteroatoms. The highest BCUT2D eigenvalue weighted by atomic mass is 16.4. The maximum absolute atomic E-state index is 12.5. The highest BCUT2D eigenvalue weighted by Gasteiger charge is 2.14. The predicted molar refractivity (Wildman–Crippen MR) is 102 cm³/mol. The fourth-order valence-electron chi connectivity index (χ4n) is 3.01. The summed E-state index contributed by atoms with van der Waals surface area (Å²) >= 11 is 0. The van der Waals surface area contributed by atoms with E-state index in [9.17, 15) is 9.59 Å². The van der Waals surface area contributed by atoms with Crippen molar-refractivity contribution in [2.24, 2.45) is 0 Å². The van der Waals surface area contributed by atoms with Crippen LogP contribution in [-0.4, -0.2) is 20.3 Å². The fraction of sp³-hybridized carbons (Fsp3) is 0.150. The second-order valence-corrected chi connectivity index (χ2v) is 6.28. The quantitative estimate of drug-likeness (QED) is 0.592. The number of benzene rings is 2. The minimum Gasteiger partial charge on any atom is -0.408 e. The first-order chi connectivity index (χ1) is 13.1. The Morgan fingerprint density at radius 3 is 2.67 bits per heavy atom. The van der Waals surface area contributed by atoms with E-state index in [0.717, 1.165) is 11.3 Å². The smallest absolute Gasteiger partial charge is 0.408 e. The lowest BCUT2D eigenvalue weighted by atomic mass is 10.2. The molecule has 2 heterocycles. The number of aromatic nitrogens is 3. The highest BCUT2D eigenvalue weighted by Crippen LogP contribution is 2.15. The van der Waals surface area contributed by atoms with Crippen LogP contribution in [0.5, 0.6) is 0 Å². The summed E-state index contributed by atoms with van der Waals surface area (Å²) in [5, 5.41) is 7.28. The van der Waals surface area contributed by atoms with Gasteiger partial charge in [-0.05, 0) is 24.6 Å². The number of rotatable bonds is 5. The lowest BCUT2D eigenvalue weighted by molar-refractivity contribution is -0.116. The topological polar surface area (TPSA) is 82.1 Å². The van der Waals surface area contributed by atoms with Crippen LogP contribution >= 0.6 is 0 Å². The first kappa shape index (κ1) is 16.8. The van der Waals surface area contributed by atoms with Crippen LogP contribution in [-0.2, 0) is 17.9 Å². The number of aryl methyl sites for hydroxylation is 1. The van der Waals surface area contributed by atoms with E-state index < -0.39 is 5.76 Å². The van der Waals surface area contributed by atoms with Crippen LogP contribution in [0.1, 0.15) is 11.3 Å². The monoisotopic (exact) mass is 362 g/mol. The standard InChI is InChI=1S/C20H18N4O3/c1-14-11-18(24(22-14)12-15-7-3-2-4-8-15)21-19(25)13-23-16-9-5-6-10-17(16)27-20(23)26/h2-11H,12-13H2,1H3,(H,21,25). The Hall–Kier alpha value is -3.61. The number of oxazole rings is 1.